The molecule has 3 rings (SSSR count). The summed E-state index contributed by atoms with van der Waals surface area (Å²) in [5.41, 5.74) is 1.47. The van der Waals surface area contributed by atoms with Gasteiger partial charge in [-0.15, -0.1) is 34.2 Å². The zero-order valence-electron chi connectivity index (χ0n) is 14.5. The Hall–Kier alpha value is -1.35. The average molecular weight is 475 g/mol. The number of aromatic nitrogens is 3. The molecule has 1 aliphatic carbocycles. The van der Waals surface area contributed by atoms with Crippen LogP contribution in [0.15, 0.2) is 35.6 Å². The normalized spacial score (nSPS) is 15.4. The molecule has 0 amide bonds. The first-order valence-corrected chi connectivity index (χ1v) is 8.62. The zero-order chi connectivity index (χ0) is 17.0. The molecule has 2 N–H and O–H groups in total. The van der Waals surface area contributed by atoms with Crippen molar-refractivity contribution in [3.8, 4) is 0 Å². The highest BCUT2D eigenvalue weighted by atomic mass is 127. The van der Waals surface area contributed by atoms with E-state index >= 15 is 0 Å². The topological polar surface area (TPSA) is 67.1 Å². The maximum Gasteiger partial charge on any atom is 0.191 e. The lowest BCUT2D eigenvalue weighted by atomic mass is 9.96. The summed E-state index contributed by atoms with van der Waals surface area (Å²) in [6.07, 6.45) is 4.02. The fourth-order valence-corrected chi connectivity index (χ4v) is 2.92. The van der Waals surface area contributed by atoms with E-state index in [0.29, 0.717) is 6.54 Å². The van der Waals surface area contributed by atoms with Gasteiger partial charge in [-0.1, -0.05) is 23.7 Å². The Labute approximate surface area is 170 Å². The predicted octanol–water partition coefficient (Wildman–Crippen LogP) is 2.87. The second-order valence-corrected chi connectivity index (χ2v) is 6.63. The number of halogens is 2. The van der Waals surface area contributed by atoms with Crippen molar-refractivity contribution in [2.75, 3.05) is 13.1 Å². The number of benzene rings is 1. The van der Waals surface area contributed by atoms with Crippen molar-refractivity contribution in [2.24, 2.45) is 12.0 Å². The predicted molar refractivity (Wildman–Crippen MR) is 112 cm³/mol. The van der Waals surface area contributed by atoms with Crippen LogP contribution in [0.1, 0.15) is 31.2 Å². The van der Waals surface area contributed by atoms with E-state index < -0.39 is 0 Å². The first-order valence-electron chi connectivity index (χ1n) is 8.24. The summed E-state index contributed by atoms with van der Waals surface area (Å²) in [5.74, 6) is 1.64. The molecule has 136 valence electrons. The van der Waals surface area contributed by atoms with Crippen LogP contribution in [-0.2, 0) is 19.0 Å². The molecular formula is C17H24ClIN6. The first-order chi connectivity index (χ1) is 11.6. The lowest BCUT2D eigenvalue weighted by Crippen LogP contribution is -2.41. The fourth-order valence-electron chi connectivity index (χ4n) is 2.73. The molecule has 0 saturated heterocycles. The van der Waals surface area contributed by atoms with Crippen LogP contribution in [-0.4, -0.2) is 33.8 Å². The van der Waals surface area contributed by atoms with Gasteiger partial charge in [0.25, 0.3) is 0 Å². The fraction of sp³-hybridized carbons (Fsp3) is 0.471. The summed E-state index contributed by atoms with van der Waals surface area (Å²) >= 11 is 6.14. The van der Waals surface area contributed by atoms with Crippen LogP contribution in [0.2, 0.25) is 5.02 Å². The third kappa shape index (κ3) is 5.07. The van der Waals surface area contributed by atoms with Gasteiger partial charge in [0.15, 0.2) is 11.8 Å². The van der Waals surface area contributed by atoms with Crippen molar-refractivity contribution in [1.82, 2.24) is 25.4 Å². The van der Waals surface area contributed by atoms with Gasteiger partial charge < -0.3 is 15.2 Å². The lowest BCUT2D eigenvalue weighted by Gasteiger charge is -2.19. The van der Waals surface area contributed by atoms with Crippen molar-refractivity contribution < 1.29 is 0 Å². The molecule has 1 aliphatic rings. The van der Waals surface area contributed by atoms with E-state index in [4.69, 9.17) is 11.6 Å². The Morgan fingerprint density at radius 2 is 2.16 bits per heavy atom. The molecule has 25 heavy (non-hydrogen) atoms. The molecule has 0 unspecified atom stereocenters. The number of aliphatic imine (C=N–C) groups is 1. The molecule has 0 radical (unpaired) electrons. The quantitative estimate of drug-likeness (QED) is 0.384. The van der Waals surface area contributed by atoms with Crippen LogP contribution < -0.4 is 10.6 Å². The van der Waals surface area contributed by atoms with Gasteiger partial charge in [-0.25, -0.2) is 4.99 Å². The number of nitrogens with zero attached hydrogens (tertiary/aromatic N) is 4. The highest BCUT2D eigenvalue weighted by Gasteiger charge is 2.44. The van der Waals surface area contributed by atoms with E-state index in [0.717, 1.165) is 29.9 Å². The van der Waals surface area contributed by atoms with Gasteiger partial charge in [0, 0.05) is 30.6 Å². The van der Waals surface area contributed by atoms with Gasteiger partial charge in [-0.2, -0.15) is 0 Å². The lowest BCUT2D eigenvalue weighted by molar-refractivity contribution is 0.644. The standard InChI is InChI=1S/C17H23ClN6.HI/c1-3-19-16(20-10-15-23-22-12-24(15)2)21-11-17(7-8-17)13-5-4-6-14(18)9-13;/h4-6,9,12H,3,7-8,10-11H2,1-2H3,(H2,19,20,21);1H. The number of rotatable bonds is 6. The highest BCUT2D eigenvalue weighted by Crippen LogP contribution is 2.48. The maximum atomic E-state index is 6.14. The second kappa shape index (κ2) is 8.84. The van der Waals surface area contributed by atoms with E-state index in [9.17, 15) is 0 Å². The summed E-state index contributed by atoms with van der Waals surface area (Å²) in [5, 5.41) is 15.5. The SMILES string of the molecule is CCNC(=NCc1nncn1C)NCC1(c2cccc(Cl)c2)CC1.I. The van der Waals surface area contributed by atoms with Crippen molar-refractivity contribution in [1.29, 1.82) is 0 Å². The average Bonchev–Trinajstić information content (AvgIpc) is 3.26. The molecule has 1 aromatic heterocycles. The van der Waals surface area contributed by atoms with Crippen molar-refractivity contribution >= 4 is 41.5 Å². The van der Waals surface area contributed by atoms with Gasteiger partial charge in [0.05, 0.1) is 0 Å². The molecule has 1 heterocycles. The van der Waals surface area contributed by atoms with Crippen LogP contribution in [0.3, 0.4) is 0 Å². The molecule has 0 bridgehead atoms. The monoisotopic (exact) mass is 474 g/mol. The minimum Gasteiger partial charge on any atom is -0.357 e. The molecule has 1 aromatic carbocycles. The Morgan fingerprint density at radius 1 is 1.36 bits per heavy atom. The van der Waals surface area contributed by atoms with Crippen LogP contribution in [0.4, 0.5) is 0 Å². The number of hydrogen-bond acceptors (Lipinski definition) is 3. The highest BCUT2D eigenvalue weighted by molar-refractivity contribution is 14.0. The number of aryl methyl sites for hydroxylation is 1. The number of nitrogens with one attached hydrogen (secondary N) is 2. The summed E-state index contributed by atoms with van der Waals surface area (Å²) in [6.45, 7) is 4.21. The van der Waals surface area contributed by atoms with Gasteiger partial charge in [0.1, 0.15) is 12.9 Å². The van der Waals surface area contributed by atoms with E-state index in [1.54, 1.807) is 6.33 Å². The number of hydrogen-bond donors (Lipinski definition) is 2. The Morgan fingerprint density at radius 3 is 2.76 bits per heavy atom. The first kappa shape index (κ1) is 20.0. The Balaban J connectivity index is 0.00000225. The van der Waals surface area contributed by atoms with Gasteiger partial charge in [-0.3, -0.25) is 0 Å². The maximum absolute atomic E-state index is 6.14. The summed E-state index contributed by atoms with van der Waals surface area (Å²) in [7, 11) is 1.92. The van der Waals surface area contributed by atoms with E-state index in [2.05, 4.69) is 44.9 Å². The van der Waals surface area contributed by atoms with Crippen molar-refractivity contribution in [3.05, 3.63) is 47.0 Å². The molecule has 0 spiro atoms. The molecule has 6 nitrogen and oxygen atoms in total. The molecule has 1 saturated carbocycles. The van der Waals surface area contributed by atoms with Crippen molar-refractivity contribution in [2.45, 2.75) is 31.7 Å². The minimum absolute atomic E-state index is 0. The third-order valence-corrected chi connectivity index (χ3v) is 4.65. The van der Waals surface area contributed by atoms with Crippen LogP contribution in [0, 0.1) is 0 Å². The minimum atomic E-state index is 0. The molecule has 0 atom stereocenters. The van der Waals surface area contributed by atoms with E-state index in [1.165, 1.54) is 18.4 Å². The summed E-state index contributed by atoms with van der Waals surface area (Å²) in [6, 6.07) is 8.16. The molecular weight excluding hydrogens is 451 g/mol. The number of guanidine groups is 1. The third-order valence-electron chi connectivity index (χ3n) is 4.41. The van der Waals surface area contributed by atoms with Crippen LogP contribution >= 0.6 is 35.6 Å². The summed E-state index contributed by atoms with van der Waals surface area (Å²) in [4.78, 5) is 4.60. The smallest absolute Gasteiger partial charge is 0.191 e. The van der Waals surface area contributed by atoms with Crippen LogP contribution in [0.25, 0.3) is 0 Å². The van der Waals surface area contributed by atoms with Gasteiger partial charge >= 0.3 is 0 Å². The van der Waals surface area contributed by atoms with Gasteiger partial charge in [-0.05, 0) is 37.5 Å². The molecule has 0 aliphatic heterocycles. The Bertz CT molecular complexity index is 725. The van der Waals surface area contributed by atoms with Crippen molar-refractivity contribution in [3.63, 3.8) is 0 Å². The molecule has 8 heteroatoms. The van der Waals surface area contributed by atoms with E-state index in [-0.39, 0.29) is 29.4 Å². The van der Waals surface area contributed by atoms with Gasteiger partial charge in [0.2, 0.25) is 0 Å². The molecule has 2 aromatic rings. The van der Waals surface area contributed by atoms with E-state index in [1.807, 2.05) is 23.7 Å². The molecule has 1 fully saturated rings. The largest absolute Gasteiger partial charge is 0.357 e. The second-order valence-electron chi connectivity index (χ2n) is 6.20. The zero-order valence-corrected chi connectivity index (χ0v) is 17.6. The van der Waals surface area contributed by atoms with Crippen LogP contribution in [0.5, 0.6) is 0 Å². The summed E-state index contributed by atoms with van der Waals surface area (Å²) < 4.78 is 1.88. The Kier molecular flexibility index (Phi) is 7.06.